The lowest BCUT2D eigenvalue weighted by Gasteiger charge is -2.43. The highest BCUT2D eigenvalue weighted by Crippen LogP contribution is 2.46. The molecule has 1 aliphatic carbocycles. The Labute approximate surface area is 175 Å². The summed E-state index contributed by atoms with van der Waals surface area (Å²) < 4.78 is 0. The van der Waals surface area contributed by atoms with E-state index >= 15 is 0 Å². The minimum atomic E-state index is -0.904. The molecule has 2 fully saturated rings. The van der Waals surface area contributed by atoms with Crippen molar-refractivity contribution in [2.45, 2.75) is 45.6 Å². The van der Waals surface area contributed by atoms with E-state index in [-0.39, 0.29) is 17.9 Å². The topological polar surface area (TPSA) is 107 Å². The van der Waals surface area contributed by atoms with E-state index < -0.39 is 17.5 Å². The molecule has 4 rings (SSSR count). The average Bonchev–Trinajstić information content (AvgIpc) is 3.24. The first-order valence-electron chi connectivity index (χ1n) is 10.2. The Balaban J connectivity index is 1.46. The van der Waals surface area contributed by atoms with Gasteiger partial charge in [-0.05, 0) is 48.8 Å². The maximum atomic E-state index is 13.2. The van der Waals surface area contributed by atoms with Crippen molar-refractivity contribution >= 4 is 23.5 Å². The van der Waals surface area contributed by atoms with Crippen LogP contribution in [0.5, 0.6) is 0 Å². The Morgan fingerprint density at radius 1 is 1.27 bits per heavy atom. The third kappa shape index (κ3) is 3.81. The Morgan fingerprint density at radius 2 is 2.07 bits per heavy atom. The maximum Gasteiger partial charge on any atom is 0.325 e. The Hall–Kier alpha value is -3.16. The number of urea groups is 1. The molecular formula is C22H27N5O3. The molecule has 0 bridgehead atoms. The van der Waals surface area contributed by atoms with Crippen molar-refractivity contribution in [3.05, 3.63) is 36.5 Å². The Bertz CT molecular complexity index is 984. The number of nitrogens with one attached hydrogen (secondary N) is 3. The smallest absolute Gasteiger partial charge is 0.325 e. The van der Waals surface area contributed by atoms with Crippen LogP contribution in [0.2, 0.25) is 0 Å². The number of carbonyl (C=O) groups excluding carboxylic acids is 3. The van der Waals surface area contributed by atoms with Gasteiger partial charge >= 0.3 is 6.03 Å². The zero-order valence-corrected chi connectivity index (χ0v) is 17.5. The highest BCUT2D eigenvalue weighted by molar-refractivity contribution is 6.10. The van der Waals surface area contributed by atoms with Gasteiger partial charge < -0.3 is 10.6 Å². The molecule has 2 heterocycles. The molecule has 2 aliphatic rings. The number of amides is 4. The molecule has 0 radical (unpaired) electrons. The van der Waals surface area contributed by atoms with Gasteiger partial charge in [0.1, 0.15) is 12.1 Å². The third-order valence-electron chi connectivity index (χ3n) is 5.88. The van der Waals surface area contributed by atoms with Gasteiger partial charge in [0.05, 0.1) is 5.69 Å². The van der Waals surface area contributed by atoms with Crippen molar-refractivity contribution in [3.8, 4) is 11.3 Å². The summed E-state index contributed by atoms with van der Waals surface area (Å²) in [5.41, 5.74) is 1.33. The fourth-order valence-electron chi connectivity index (χ4n) is 5.17. The van der Waals surface area contributed by atoms with Gasteiger partial charge in [-0.3, -0.25) is 19.6 Å². The molecular weight excluding hydrogens is 382 g/mol. The number of hydrogen-bond donors (Lipinski definition) is 3. The lowest BCUT2D eigenvalue weighted by Crippen LogP contribution is -2.54. The number of H-pyrrole nitrogens is 1. The summed E-state index contributed by atoms with van der Waals surface area (Å²) in [5.74, 6) is -0.397. The van der Waals surface area contributed by atoms with E-state index in [0.717, 1.165) is 22.6 Å². The maximum absolute atomic E-state index is 13.2. The van der Waals surface area contributed by atoms with Crippen molar-refractivity contribution < 1.29 is 14.4 Å². The second-order valence-corrected chi connectivity index (χ2v) is 9.36. The molecule has 8 heteroatoms. The lowest BCUT2D eigenvalue weighted by molar-refractivity contribution is -0.136. The molecule has 3 N–H and O–H groups in total. The van der Waals surface area contributed by atoms with Crippen LogP contribution in [0.25, 0.3) is 11.3 Å². The Morgan fingerprint density at radius 3 is 2.77 bits per heavy atom. The summed E-state index contributed by atoms with van der Waals surface area (Å²) in [6.45, 7) is 6.03. The van der Waals surface area contributed by atoms with Crippen molar-refractivity contribution in [2.24, 2.45) is 11.3 Å². The largest absolute Gasteiger partial charge is 0.325 e. The SMILES string of the molecule is CC1CC(C)(C)CC2(C1)NC(=O)N(CC(=O)Nc1cccc(-c3ccn[nH]3)c1)C2=O. The summed E-state index contributed by atoms with van der Waals surface area (Å²) in [5, 5.41) is 12.5. The summed E-state index contributed by atoms with van der Waals surface area (Å²) in [6.07, 6.45) is 3.84. The van der Waals surface area contributed by atoms with Crippen molar-refractivity contribution in [1.82, 2.24) is 20.4 Å². The average molecular weight is 409 g/mol. The second kappa shape index (κ2) is 7.27. The molecule has 1 aromatic heterocycles. The fourth-order valence-corrected chi connectivity index (χ4v) is 5.17. The molecule has 1 spiro atoms. The number of aromatic amines is 1. The van der Waals surface area contributed by atoms with Crippen LogP contribution in [-0.4, -0.2) is 45.0 Å². The first-order chi connectivity index (χ1) is 14.2. The van der Waals surface area contributed by atoms with Crippen molar-refractivity contribution in [1.29, 1.82) is 0 Å². The van der Waals surface area contributed by atoms with Crippen molar-refractivity contribution in [2.75, 3.05) is 11.9 Å². The molecule has 2 aromatic rings. The van der Waals surface area contributed by atoms with Crippen LogP contribution >= 0.6 is 0 Å². The fraction of sp³-hybridized carbons (Fsp3) is 0.455. The molecule has 2 atom stereocenters. The third-order valence-corrected chi connectivity index (χ3v) is 5.88. The predicted molar refractivity (Wildman–Crippen MR) is 112 cm³/mol. The number of carbonyl (C=O) groups is 3. The molecule has 4 amide bonds. The molecule has 30 heavy (non-hydrogen) atoms. The molecule has 1 saturated heterocycles. The lowest BCUT2D eigenvalue weighted by atomic mass is 9.64. The normalized spacial score (nSPS) is 25.4. The molecule has 2 unspecified atom stereocenters. The quantitative estimate of drug-likeness (QED) is 0.674. The molecule has 1 saturated carbocycles. The standard InChI is InChI=1S/C22H27N5O3/c1-14-10-21(2,3)13-22(11-14)19(29)27(20(30)25-22)12-18(28)24-16-6-4-5-15(9-16)17-7-8-23-26-17/h4-9,14H,10-13H2,1-3H3,(H,23,26)(H,24,28)(H,25,30). The highest BCUT2D eigenvalue weighted by atomic mass is 16.2. The van der Waals surface area contributed by atoms with Crippen LogP contribution in [0, 0.1) is 11.3 Å². The summed E-state index contributed by atoms with van der Waals surface area (Å²) >= 11 is 0. The number of rotatable bonds is 4. The van der Waals surface area contributed by atoms with Crippen LogP contribution in [0.3, 0.4) is 0 Å². The zero-order chi connectivity index (χ0) is 21.5. The monoisotopic (exact) mass is 409 g/mol. The van der Waals surface area contributed by atoms with Gasteiger partial charge in [0.2, 0.25) is 5.91 Å². The number of benzene rings is 1. The minimum absolute atomic E-state index is 0.0496. The van der Waals surface area contributed by atoms with Crippen LogP contribution in [0.4, 0.5) is 10.5 Å². The van der Waals surface area contributed by atoms with Crippen molar-refractivity contribution in [3.63, 3.8) is 0 Å². The minimum Gasteiger partial charge on any atom is -0.325 e. The first-order valence-corrected chi connectivity index (χ1v) is 10.2. The predicted octanol–water partition coefficient (Wildman–Crippen LogP) is 3.15. The number of hydrogen-bond acceptors (Lipinski definition) is 4. The molecule has 8 nitrogen and oxygen atoms in total. The highest BCUT2D eigenvalue weighted by Gasteiger charge is 2.56. The second-order valence-electron chi connectivity index (χ2n) is 9.36. The molecule has 1 aromatic carbocycles. The van der Waals surface area contributed by atoms with E-state index in [1.54, 1.807) is 12.3 Å². The zero-order valence-electron chi connectivity index (χ0n) is 17.5. The van der Waals surface area contributed by atoms with Gasteiger partial charge in [-0.25, -0.2) is 4.79 Å². The van der Waals surface area contributed by atoms with Crippen LogP contribution in [0.1, 0.15) is 40.0 Å². The van der Waals surface area contributed by atoms with Gasteiger partial charge in [-0.15, -0.1) is 0 Å². The number of imide groups is 1. The van der Waals surface area contributed by atoms with E-state index in [1.807, 2.05) is 24.3 Å². The van der Waals surface area contributed by atoms with E-state index in [4.69, 9.17) is 0 Å². The molecule has 1 aliphatic heterocycles. The van der Waals surface area contributed by atoms with E-state index in [1.165, 1.54) is 0 Å². The van der Waals surface area contributed by atoms with Crippen LogP contribution in [0.15, 0.2) is 36.5 Å². The van der Waals surface area contributed by atoms with Gasteiger partial charge in [0, 0.05) is 17.4 Å². The Kier molecular flexibility index (Phi) is 4.88. The van der Waals surface area contributed by atoms with Crippen LogP contribution in [-0.2, 0) is 9.59 Å². The number of anilines is 1. The number of nitrogens with zero attached hydrogens (tertiary/aromatic N) is 2. The number of aromatic nitrogens is 2. The van der Waals surface area contributed by atoms with E-state index in [2.05, 4.69) is 41.6 Å². The summed E-state index contributed by atoms with van der Waals surface area (Å²) in [4.78, 5) is 39.4. The van der Waals surface area contributed by atoms with Gasteiger partial charge in [0.15, 0.2) is 0 Å². The van der Waals surface area contributed by atoms with Gasteiger partial charge in [-0.1, -0.05) is 32.9 Å². The van der Waals surface area contributed by atoms with E-state index in [9.17, 15) is 14.4 Å². The van der Waals surface area contributed by atoms with Crippen LogP contribution < -0.4 is 10.6 Å². The van der Waals surface area contributed by atoms with E-state index in [0.29, 0.717) is 24.4 Å². The summed E-state index contributed by atoms with van der Waals surface area (Å²) in [7, 11) is 0. The first kappa shape index (κ1) is 20.1. The van der Waals surface area contributed by atoms with Gasteiger partial charge in [-0.2, -0.15) is 5.10 Å². The molecule has 158 valence electrons. The van der Waals surface area contributed by atoms with Gasteiger partial charge in [0.25, 0.3) is 5.91 Å². The summed E-state index contributed by atoms with van der Waals surface area (Å²) in [6, 6.07) is 8.63.